The van der Waals surface area contributed by atoms with E-state index in [4.69, 9.17) is 4.74 Å². The van der Waals surface area contributed by atoms with E-state index >= 15 is 0 Å². The molecule has 0 spiro atoms. The first-order valence-electron chi connectivity index (χ1n) is 6.28. The highest BCUT2D eigenvalue weighted by atomic mass is 32.1. The van der Waals surface area contributed by atoms with E-state index in [0.29, 0.717) is 5.75 Å². The largest absolute Gasteiger partial charge is 0.426 e. The van der Waals surface area contributed by atoms with Gasteiger partial charge < -0.3 is 4.74 Å². The fraction of sp³-hybridized carbons (Fsp3) is 0.125. The Morgan fingerprint density at radius 2 is 2.00 bits per heavy atom. The van der Waals surface area contributed by atoms with Gasteiger partial charge in [0.1, 0.15) is 10.8 Å². The zero-order chi connectivity index (χ0) is 14.1. The number of rotatable bonds is 2. The Kier molecular flexibility index (Phi) is 3.24. The van der Waals surface area contributed by atoms with Gasteiger partial charge in [0.05, 0.1) is 15.8 Å². The Hall–Kier alpha value is -2.20. The molecular weight excluding hydrogens is 270 g/mol. The molecule has 0 N–H and O–H groups in total. The number of carbonyl (C=O) groups excluding carboxylic acids is 1. The Morgan fingerprint density at radius 3 is 2.75 bits per heavy atom. The highest BCUT2D eigenvalue weighted by molar-refractivity contribution is 7.21. The van der Waals surface area contributed by atoms with Gasteiger partial charge in [0, 0.05) is 6.92 Å². The summed E-state index contributed by atoms with van der Waals surface area (Å²) < 4.78 is 6.43. The molecule has 3 nitrogen and oxygen atoms in total. The van der Waals surface area contributed by atoms with Crippen LogP contribution in [0.5, 0.6) is 5.75 Å². The summed E-state index contributed by atoms with van der Waals surface area (Å²) in [7, 11) is 0. The molecule has 100 valence electrons. The van der Waals surface area contributed by atoms with Gasteiger partial charge >= 0.3 is 5.97 Å². The number of para-hydroxylation sites is 1. The molecule has 0 aliphatic carbocycles. The van der Waals surface area contributed by atoms with Gasteiger partial charge in [-0.3, -0.25) is 4.79 Å². The maximum absolute atomic E-state index is 11.2. The van der Waals surface area contributed by atoms with Crippen LogP contribution >= 0.6 is 11.3 Å². The molecular formula is C16H13NO2S. The van der Waals surface area contributed by atoms with Gasteiger partial charge in [-0.1, -0.05) is 18.2 Å². The van der Waals surface area contributed by atoms with Crippen LogP contribution in [0.1, 0.15) is 12.5 Å². The van der Waals surface area contributed by atoms with Crippen LogP contribution in [-0.4, -0.2) is 11.0 Å². The molecule has 20 heavy (non-hydrogen) atoms. The lowest BCUT2D eigenvalue weighted by Crippen LogP contribution is -2.02. The number of aromatic nitrogens is 1. The van der Waals surface area contributed by atoms with E-state index in [1.807, 2.05) is 49.4 Å². The molecule has 0 atom stereocenters. The number of hydrogen-bond acceptors (Lipinski definition) is 4. The van der Waals surface area contributed by atoms with E-state index in [1.54, 1.807) is 11.3 Å². The van der Waals surface area contributed by atoms with E-state index in [1.165, 1.54) is 6.92 Å². The summed E-state index contributed by atoms with van der Waals surface area (Å²) in [4.78, 5) is 15.8. The molecule has 0 bridgehead atoms. The number of thiazole rings is 1. The molecule has 0 aliphatic heterocycles. The average molecular weight is 283 g/mol. The number of carbonyl (C=O) groups is 1. The van der Waals surface area contributed by atoms with Gasteiger partial charge in [-0.05, 0) is 36.8 Å². The lowest BCUT2D eigenvalue weighted by Gasteiger charge is -2.07. The second-order valence-electron chi connectivity index (χ2n) is 4.58. The Morgan fingerprint density at radius 1 is 1.20 bits per heavy atom. The number of hydrogen-bond donors (Lipinski definition) is 0. The van der Waals surface area contributed by atoms with Crippen LogP contribution in [0.3, 0.4) is 0 Å². The second-order valence-corrected chi connectivity index (χ2v) is 5.61. The maximum atomic E-state index is 11.2. The summed E-state index contributed by atoms with van der Waals surface area (Å²) in [6, 6.07) is 13.8. The molecule has 0 saturated heterocycles. The molecule has 0 amide bonds. The summed E-state index contributed by atoms with van der Waals surface area (Å²) >= 11 is 1.60. The molecule has 0 saturated carbocycles. The number of nitrogens with zero attached hydrogens (tertiary/aromatic N) is 1. The average Bonchev–Trinajstić information content (AvgIpc) is 2.81. The maximum Gasteiger partial charge on any atom is 0.308 e. The fourth-order valence-corrected chi connectivity index (χ4v) is 3.03. The molecule has 3 aromatic rings. The van der Waals surface area contributed by atoms with Crippen LogP contribution in [0.2, 0.25) is 0 Å². The Balaban J connectivity index is 2.15. The number of ether oxygens (including phenoxy) is 1. The molecule has 0 fully saturated rings. The van der Waals surface area contributed by atoms with Gasteiger partial charge in [-0.25, -0.2) is 4.98 Å². The third-order valence-electron chi connectivity index (χ3n) is 2.92. The molecule has 1 heterocycles. The summed E-state index contributed by atoms with van der Waals surface area (Å²) in [5, 5.41) is 0.863. The fourth-order valence-electron chi connectivity index (χ4n) is 2.03. The van der Waals surface area contributed by atoms with E-state index in [2.05, 4.69) is 4.98 Å². The van der Waals surface area contributed by atoms with Crippen LogP contribution in [0.25, 0.3) is 20.8 Å². The van der Waals surface area contributed by atoms with Crippen LogP contribution in [0, 0.1) is 6.92 Å². The van der Waals surface area contributed by atoms with Gasteiger partial charge in [0.15, 0.2) is 0 Å². The zero-order valence-corrected chi connectivity index (χ0v) is 12.0. The summed E-state index contributed by atoms with van der Waals surface area (Å²) in [6.07, 6.45) is 0. The predicted octanol–water partition coefficient (Wildman–Crippen LogP) is 4.20. The SMILES string of the molecule is CC(=O)Oc1cc(C)ccc1-c1nc2ccccc2s1. The van der Waals surface area contributed by atoms with Crippen molar-refractivity contribution in [2.45, 2.75) is 13.8 Å². The van der Waals surface area contributed by atoms with Crippen molar-refractivity contribution in [1.82, 2.24) is 4.98 Å². The van der Waals surface area contributed by atoms with Crippen molar-refractivity contribution in [3.8, 4) is 16.3 Å². The minimum Gasteiger partial charge on any atom is -0.426 e. The van der Waals surface area contributed by atoms with Crippen molar-refractivity contribution in [3.05, 3.63) is 48.0 Å². The van der Waals surface area contributed by atoms with Gasteiger partial charge in [0.2, 0.25) is 0 Å². The van der Waals surface area contributed by atoms with Crippen molar-refractivity contribution < 1.29 is 9.53 Å². The van der Waals surface area contributed by atoms with E-state index in [0.717, 1.165) is 26.4 Å². The monoisotopic (exact) mass is 283 g/mol. The summed E-state index contributed by atoms with van der Waals surface area (Å²) in [5.41, 5.74) is 2.86. The minimum absolute atomic E-state index is 0.321. The zero-order valence-electron chi connectivity index (χ0n) is 11.2. The number of fused-ring (bicyclic) bond motifs is 1. The topological polar surface area (TPSA) is 39.2 Å². The first-order valence-corrected chi connectivity index (χ1v) is 7.10. The minimum atomic E-state index is -0.321. The molecule has 0 radical (unpaired) electrons. The smallest absolute Gasteiger partial charge is 0.308 e. The van der Waals surface area contributed by atoms with Crippen LogP contribution in [-0.2, 0) is 4.79 Å². The predicted molar refractivity (Wildman–Crippen MR) is 81.1 cm³/mol. The van der Waals surface area contributed by atoms with Crippen molar-refractivity contribution in [2.75, 3.05) is 0 Å². The third kappa shape index (κ3) is 2.42. The molecule has 0 aliphatic rings. The Bertz CT molecular complexity index is 759. The molecule has 4 heteroatoms. The lowest BCUT2D eigenvalue weighted by atomic mass is 10.1. The molecule has 0 unspecified atom stereocenters. The first-order chi connectivity index (χ1) is 9.63. The van der Waals surface area contributed by atoms with Crippen molar-refractivity contribution >= 4 is 27.5 Å². The second kappa shape index (κ2) is 5.06. The van der Waals surface area contributed by atoms with Crippen LogP contribution < -0.4 is 4.74 Å². The first kappa shape index (κ1) is 12.8. The quantitative estimate of drug-likeness (QED) is 0.522. The normalized spacial score (nSPS) is 10.7. The molecule has 1 aromatic heterocycles. The summed E-state index contributed by atoms with van der Waals surface area (Å²) in [6.45, 7) is 3.37. The number of esters is 1. The van der Waals surface area contributed by atoms with Crippen molar-refractivity contribution in [3.63, 3.8) is 0 Å². The van der Waals surface area contributed by atoms with E-state index in [9.17, 15) is 4.79 Å². The van der Waals surface area contributed by atoms with Gasteiger partial charge in [-0.2, -0.15) is 0 Å². The number of benzene rings is 2. The highest BCUT2D eigenvalue weighted by Gasteiger charge is 2.13. The van der Waals surface area contributed by atoms with E-state index < -0.39 is 0 Å². The lowest BCUT2D eigenvalue weighted by molar-refractivity contribution is -0.131. The van der Waals surface area contributed by atoms with Crippen molar-refractivity contribution in [2.24, 2.45) is 0 Å². The molecule has 2 aromatic carbocycles. The van der Waals surface area contributed by atoms with Crippen LogP contribution in [0.15, 0.2) is 42.5 Å². The van der Waals surface area contributed by atoms with Gasteiger partial charge in [0.25, 0.3) is 0 Å². The highest BCUT2D eigenvalue weighted by Crippen LogP contribution is 2.36. The van der Waals surface area contributed by atoms with Gasteiger partial charge in [-0.15, -0.1) is 11.3 Å². The number of aryl methyl sites for hydroxylation is 1. The standard InChI is InChI=1S/C16H13NO2S/c1-10-7-8-12(14(9-10)19-11(2)18)16-17-13-5-3-4-6-15(13)20-16/h3-9H,1-2H3. The third-order valence-corrected chi connectivity index (χ3v) is 3.98. The van der Waals surface area contributed by atoms with E-state index in [-0.39, 0.29) is 5.97 Å². The van der Waals surface area contributed by atoms with Crippen LogP contribution in [0.4, 0.5) is 0 Å². The van der Waals surface area contributed by atoms with Crippen molar-refractivity contribution in [1.29, 1.82) is 0 Å². The summed E-state index contributed by atoms with van der Waals surface area (Å²) in [5.74, 6) is 0.245. The Labute approximate surface area is 120 Å². The molecule has 3 rings (SSSR count).